The van der Waals surface area contributed by atoms with Crippen LogP contribution >= 0.6 is 0 Å². The fraction of sp³-hybridized carbons (Fsp3) is 0.182. The quantitative estimate of drug-likeness (QED) is 0.207. The van der Waals surface area contributed by atoms with Gasteiger partial charge < -0.3 is 5.11 Å². The molecule has 7 aromatic rings. The van der Waals surface area contributed by atoms with Gasteiger partial charge in [-0.3, -0.25) is 9.55 Å². The number of imidazole rings is 1. The lowest BCUT2D eigenvalue weighted by Crippen LogP contribution is -2.17. The van der Waals surface area contributed by atoms with Gasteiger partial charge in [-0.1, -0.05) is 126 Å². The van der Waals surface area contributed by atoms with Crippen LogP contribution in [0, 0.1) is 0 Å². The molecule has 0 spiro atoms. The van der Waals surface area contributed by atoms with E-state index in [0.717, 1.165) is 66.9 Å². The Labute approximate surface area is 283 Å². The first-order valence-electron chi connectivity index (χ1n) is 16.6. The molecule has 7 rings (SSSR count). The van der Waals surface area contributed by atoms with Crippen molar-refractivity contribution in [1.82, 2.24) is 14.5 Å². The number of aromatic nitrogens is 3. The maximum Gasteiger partial charge on any atom is 0.149 e. The minimum atomic E-state index is -0.263. The molecule has 0 saturated heterocycles. The van der Waals surface area contributed by atoms with E-state index in [-0.39, 0.29) is 16.6 Å². The van der Waals surface area contributed by atoms with E-state index in [1.165, 1.54) is 0 Å². The molecule has 0 bridgehead atoms. The van der Waals surface area contributed by atoms with E-state index < -0.39 is 0 Å². The third kappa shape index (κ3) is 5.79. The molecule has 0 aliphatic carbocycles. The van der Waals surface area contributed by atoms with Crippen molar-refractivity contribution in [3.8, 4) is 56.3 Å². The minimum absolute atomic E-state index is 0.122. The Balaban J connectivity index is 1.45. The van der Waals surface area contributed by atoms with E-state index in [0.29, 0.717) is 5.82 Å². The van der Waals surface area contributed by atoms with Crippen molar-refractivity contribution < 1.29 is 5.11 Å². The average Bonchev–Trinajstić information content (AvgIpc) is 3.48. The predicted octanol–water partition coefficient (Wildman–Crippen LogP) is 11.4. The number of benzene rings is 5. The number of phenols is 1. The second-order valence-corrected chi connectivity index (χ2v) is 14.6. The molecule has 0 saturated carbocycles. The Bertz CT molecular complexity index is 2250. The molecule has 0 radical (unpaired) electrons. The lowest BCUT2D eigenvalue weighted by Gasteiger charge is -2.27. The maximum atomic E-state index is 12.0. The maximum absolute atomic E-state index is 12.0. The second-order valence-electron chi connectivity index (χ2n) is 14.6. The van der Waals surface area contributed by atoms with E-state index >= 15 is 0 Å². The minimum Gasteiger partial charge on any atom is -0.507 e. The summed E-state index contributed by atoms with van der Waals surface area (Å²) in [6.07, 6.45) is 1.88. The van der Waals surface area contributed by atoms with Gasteiger partial charge in [0.2, 0.25) is 0 Å². The smallest absolute Gasteiger partial charge is 0.149 e. The monoisotopic (exact) mass is 627 g/mol. The molecule has 48 heavy (non-hydrogen) atoms. The van der Waals surface area contributed by atoms with Gasteiger partial charge in [-0.25, -0.2) is 4.98 Å². The molecular formula is C44H41N3O. The Morgan fingerprint density at radius 3 is 1.94 bits per heavy atom. The highest BCUT2D eigenvalue weighted by Crippen LogP contribution is 2.44. The van der Waals surface area contributed by atoms with E-state index in [1.54, 1.807) is 0 Å². The van der Waals surface area contributed by atoms with Gasteiger partial charge in [0.05, 0.1) is 22.3 Å². The molecule has 0 fully saturated rings. The van der Waals surface area contributed by atoms with Gasteiger partial charge in [0.1, 0.15) is 11.6 Å². The second kappa shape index (κ2) is 12.0. The Morgan fingerprint density at radius 1 is 0.562 bits per heavy atom. The van der Waals surface area contributed by atoms with Crippen LogP contribution in [-0.2, 0) is 10.8 Å². The van der Waals surface area contributed by atoms with E-state index in [4.69, 9.17) is 9.97 Å². The zero-order valence-electron chi connectivity index (χ0n) is 28.5. The normalized spacial score (nSPS) is 12.0. The summed E-state index contributed by atoms with van der Waals surface area (Å²) in [6.45, 7) is 13.1. The van der Waals surface area contributed by atoms with Crippen LogP contribution in [0.2, 0.25) is 0 Å². The van der Waals surface area contributed by atoms with E-state index in [2.05, 4.69) is 149 Å². The number of hydrogen-bond acceptors (Lipinski definition) is 3. The zero-order valence-corrected chi connectivity index (χ0v) is 28.5. The fourth-order valence-electron chi connectivity index (χ4n) is 6.41. The highest BCUT2D eigenvalue weighted by molar-refractivity contribution is 5.96. The molecule has 4 heteroatoms. The van der Waals surface area contributed by atoms with Gasteiger partial charge in [-0.05, 0) is 75.5 Å². The van der Waals surface area contributed by atoms with Crippen molar-refractivity contribution in [3.63, 3.8) is 0 Å². The SMILES string of the molecule is CC(C)(C)c1cc(-c2nc3c(-c4cccc(-c5cc(-c6ccccc6)ccn5)c4)cccc3n2-c2ccccc2)c(O)c(C(C)(C)C)c1. The molecule has 0 unspecified atom stereocenters. The number of para-hydroxylation sites is 2. The summed E-state index contributed by atoms with van der Waals surface area (Å²) < 4.78 is 2.18. The molecular weight excluding hydrogens is 587 g/mol. The fourth-order valence-corrected chi connectivity index (χ4v) is 6.41. The summed E-state index contributed by atoms with van der Waals surface area (Å²) in [4.78, 5) is 10.1. The van der Waals surface area contributed by atoms with Crippen LogP contribution in [0.15, 0.2) is 134 Å². The number of hydrogen-bond donors (Lipinski definition) is 1. The molecule has 2 heterocycles. The molecule has 238 valence electrons. The molecule has 0 aliphatic rings. The van der Waals surface area contributed by atoms with Crippen molar-refractivity contribution >= 4 is 11.0 Å². The first-order chi connectivity index (χ1) is 23.0. The number of aromatic hydroxyl groups is 1. The Kier molecular flexibility index (Phi) is 7.75. The van der Waals surface area contributed by atoms with Crippen LogP contribution in [0.4, 0.5) is 0 Å². The largest absolute Gasteiger partial charge is 0.507 e. The van der Waals surface area contributed by atoms with Crippen molar-refractivity contribution in [1.29, 1.82) is 0 Å². The number of pyridine rings is 1. The molecule has 0 aliphatic heterocycles. The molecule has 0 atom stereocenters. The summed E-state index contributed by atoms with van der Waals surface area (Å²) in [5.74, 6) is 0.988. The van der Waals surface area contributed by atoms with Gasteiger partial charge in [-0.2, -0.15) is 0 Å². The average molecular weight is 628 g/mol. The van der Waals surface area contributed by atoms with Gasteiger partial charge in [-0.15, -0.1) is 0 Å². The first-order valence-corrected chi connectivity index (χ1v) is 16.6. The standard InChI is InChI=1S/C44H41N3O/c1-43(2,3)33-27-36(41(48)37(28-33)44(4,5)6)42-46-40-35(21-14-22-39(40)47(42)34-19-11-8-12-20-34)31-17-13-18-32(25-31)38-26-30(23-24-45-38)29-15-9-7-10-16-29/h7-28,48H,1-6H3. The van der Waals surface area contributed by atoms with Crippen LogP contribution in [0.25, 0.3) is 61.6 Å². The summed E-state index contributed by atoms with van der Waals surface area (Å²) in [7, 11) is 0. The lowest BCUT2D eigenvalue weighted by atomic mass is 9.79. The zero-order chi connectivity index (χ0) is 33.6. The third-order valence-electron chi connectivity index (χ3n) is 9.06. The highest BCUT2D eigenvalue weighted by Gasteiger charge is 2.28. The number of rotatable bonds is 5. The summed E-state index contributed by atoms with van der Waals surface area (Å²) in [5, 5.41) is 12.0. The van der Waals surface area contributed by atoms with Crippen molar-refractivity contribution in [2.75, 3.05) is 0 Å². The molecule has 0 amide bonds. The third-order valence-corrected chi connectivity index (χ3v) is 9.06. The van der Waals surface area contributed by atoms with Gasteiger partial charge >= 0.3 is 0 Å². The van der Waals surface area contributed by atoms with E-state index in [1.807, 2.05) is 30.5 Å². The van der Waals surface area contributed by atoms with Gasteiger partial charge in [0.15, 0.2) is 0 Å². The van der Waals surface area contributed by atoms with Crippen LogP contribution in [0.5, 0.6) is 5.75 Å². The number of nitrogens with zero attached hydrogens (tertiary/aromatic N) is 3. The number of phenolic OH excluding ortho intramolecular Hbond substituents is 1. The number of fused-ring (bicyclic) bond motifs is 1. The molecule has 5 aromatic carbocycles. The topological polar surface area (TPSA) is 50.9 Å². The molecule has 2 aromatic heterocycles. The van der Waals surface area contributed by atoms with E-state index in [9.17, 15) is 5.11 Å². The van der Waals surface area contributed by atoms with Crippen LogP contribution in [-0.4, -0.2) is 19.6 Å². The van der Waals surface area contributed by atoms with Crippen molar-refractivity contribution in [3.05, 3.63) is 145 Å². The summed E-state index contributed by atoms with van der Waals surface area (Å²) in [5.41, 5.74) is 11.6. The van der Waals surface area contributed by atoms with Crippen molar-refractivity contribution in [2.24, 2.45) is 0 Å². The van der Waals surface area contributed by atoms with Gasteiger partial charge in [0, 0.05) is 28.6 Å². The molecule has 1 N–H and O–H groups in total. The predicted molar refractivity (Wildman–Crippen MR) is 200 cm³/mol. The van der Waals surface area contributed by atoms with Crippen LogP contribution in [0.3, 0.4) is 0 Å². The summed E-state index contributed by atoms with van der Waals surface area (Å²) >= 11 is 0. The summed E-state index contributed by atoms with van der Waals surface area (Å²) in [6, 6.07) is 44.0. The lowest BCUT2D eigenvalue weighted by molar-refractivity contribution is 0.446. The van der Waals surface area contributed by atoms with Crippen LogP contribution in [0.1, 0.15) is 52.7 Å². The van der Waals surface area contributed by atoms with Crippen molar-refractivity contribution in [2.45, 2.75) is 52.4 Å². The first kappa shape index (κ1) is 31.1. The highest BCUT2D eigenvalue weighted by atomic mass is 16.3. The van der Waals surface area contributed by atoms with Crippen LogP contribution < -0.4 is 0 Å². The molecule has 4 nitrogen and oxygen atoms in total. The Hall–Kier alpha value is -5.48. The Morgan fingerprint density at radius 2 is 1.23 bits per heavy atom. The van der Waals surface area contributed by atoms with Gasteiger partial charge in [0.25, 0.3) is 0 Å².